The SMILES string of the molecule is CC(=O)C=C(O)C(F)(F)C(F)(F)C(F)(F)C(F)(F)C(F)(F)C(F)(F)F. The van der Waals surface area contributed by atoms with Gasteiger partial charge in [-0.25, -0.2) is 0 Å². The maximum Gasteiger partial charge on any atom is 0.460 e. The van der Waals surface area contributed by atoms with Gasteiger partial charge in [-0.05, 0) is 6.92 Å². The van der Waals surface area contributed by atoms with Gasteiger partial charge in [-0.15, -0.1) is 0 Å². The summed E-state index contributed by atoms with van der Waals surface area (Å²) in [5.41, 5.74) is 0. The van der Waals surface area contributed by atoms with Crippen molar-refractivity contribution < 1.29 is 67.0 Å². The molecule has 0 aliphatic rings. The topological polar surface area (TPSA) is 37.3 Å². The van der Waals surface area contributed by atoms with Gasteiger partial charge in [0.2, 0.25) is 0 Å². The molecule has 0 bridgehead atoms. The molecule has 0 spiro atoms. The molecule has 0 aliphatic carbocycles. The quantitative estimate of drug-likeness (QED) is 0.394. The van der Waals surface area contributed by atoms with Crippen LogP contribution in [0.1, 0.15) is 6.92 Å². The van der Waals surface area contributed by atoms with Crippen LogP contribution in [-0.4, -0.2) is 46.7 Å². The van der Waals surface area contributed by atoms with Crippen LogP contribution in [0.2, 0.25) is 0 Å². The van der Waals surface area contributed by atoms with Crippen molar-refractivity contribution in [1.82, 2.24) is 0 Å². The number of carbonyl (C=O) groups excluding carboxylic acids is 1. The molecule has 0 atom stereocenters. The summed E-state index contributed by atoms with van der Waals surface area (Å²) in [6.07, 6.45) is -8.35. The Morgan fingerprint density at radius 1 is 0.680 bits per heavy atom. The van der Waals surface area contributed by atoms with E-state index in [0.29, 0.717) is 6.92 Å². The van der Waals surface area contributed by atoms with Crippen LogP contribution >= 0.6 is 0 Å². The van der Waals surface area contributed by atoms with Crippen molar-refractivity contribution >= 4 is 5.78 Å². The summed E-state index contributed by atoms with van der Waals surface area (Å²) in [5.74, 6) is -43.3. The van der Waals surface area contributed by atoms with E-state index in [2.05, 4.69) is 0 Å². The minimum Gasteiger partial charge on any atom is -0.506 e. The first-order chi connectivity index (χ1) is 10.6. The van der Waals surface area contributed by atoms with Crippen LogP contribution in [0.3, 0.4) is 0 Å². The number of ketones is 1. The monoisotopic (exact) mass is 404 g/mol. The van der Waals surface area contributed by atoms with Crippen LogP contribution < -0.4 is 0 Å². The minimum absolute atomic E-state index is 0.301. The first kappa shape index (κ1) is 23.3. The van der Waals surface area contributed by atoms with E-state index in [-0.39, 0.29) is 0 Å². The molecule has 0 saturated heterocycles. The number of alkyl halides is 13. The van der Waals surface area contributed by atoms with Gasteiger partial charge in [0.25, 0.3) is 0 Å². The lowest BCUT2D eigenvalue weighted by molar-refractivity contribution is -0.438. The number of hydrogen-bond acceptors (Lipinski definition) is 2. The van der Waals surface area contributed by atoms with Crippen LogP contribution in [-0.2, 0) is 4.79 Å². The molecule has 0 aromatic carbocycles. The van der Waals surface area contributed by atoms with Gasteiger partial charge < -0.3 is 5.11 Å². The van der Waals surface area contributed by atoms with Crippen molar-refractivity contribution in [3.8, 4) is 0 Å². The first-order valence-corrected chi connectivity index (χ1v) is 5.46. The lowest BCUT2D eigenvalue weighted by Gasteiger charge is -2.39. The Bertz CT molecular complexity index is 558. The Morgan fingerprint density at radius 2 is 1.00 bits per heavy atom. The van der Waals surface area contributed by atoms with E-state index >= 15 is 0 Å². The summed E-state index contributed by atoms with van der Waals surface area (Å²) in [7, 11) is 0. The van der Waals surface area contributed by atoms with Crippen LogP contribution in [0.25, 0.3) is 0 Å². The van der Waals surface area contributed by atoms with E-state index in [1.54, 1.807) is 0 Å². The Balaban J connectivity index is 6.44. The predicted octanol–water partition coefficient (Wildman–Crippen LogP) is 4.76. The highest BCUT2D eigenvalue weighted by atomic mass is 19.4. The maximum absolute atomic E-state index is 13.1. The van der Waals surface area contributed by atoms with E-state index < -0.39 is 53.4 Å². The smallest absolute Gasteiger partial charge is 0.460 e. The van der Waals surface area contributed by atoms with Crippen molar-refractivity contribution in [1.29, 1.82) is 0 Å². The predicted molar refractivity (Wildman–Crippen MR) is 52.2 cm³/mol. The molecule has 2 nitrogen and oxygen atoms in total. The highest BCUT2D eigenvalue weighted by Crippen LogP contribution is 2.60. The fourth-order valence-electron chi connectivity index (χ4n) is 1.21. The molecule has 0 aliphatic heterocycles. The normalized spacial score (nSPS) is 16.2. The van der Waals surface area contributed by atoms with Gasteiger partial charge in [-0.2, -0.15) is 57.1 Å². The van der Waals surface area contributed by atoms with Gasteiger partial charge in [0.1, 0.15) is 0 Å². The molecule has 25 heavy (non-hydrogen) atoms. The summed E-state index contributed by atoms with van der Waals surface area (Å²) >= 11 is 0. The first-order valence-electron chi connectivity index (χ1n) is 5.46. The summed E-state index contributed by atoms with van der Waals surface area (Å²) in [6.45, 7) is 0.301. The van der Waals surface area contributed by atoms with Crippen molar-refractivity contribution in [2.75, 3.05) is 0 Å². The van der Waals surface area contributed by atoms with Crippen molar-refractivity contribution in [3.63, 3.8) is 0 Å². The van der Waals surface area contributed by atoms with Gasteiger partial charge in [-0.1, -0.05) is 0 Å². The van der Waals surface area contributed by atoms with Crippen LogP contribution in [0.4, 0.5) is 57.1 Å². The van der Waals surface area contributed by atoms with Crippen LogP contribution in [0.5, 0.6) is 0 Å². The van der Waals surface area contributed by atoms with Crippen LogP contribution in [0, 0.1) is 0 Å². The highest BCUT2D eigenvalue weighted by Gasteiger charge is 2.91. The molecular formula is C10H5F13O2. The summed E-state index contributed by atoms with van der Waals surface area (Å²) in [4.78, 5) is 10.3. The van der Waals surface area contributed by atoms with E-state index in [1.807, 2.05) is 0 Å². The van der Waals surface area contributed by atoms with Crippen molar-refractivity contribution in [2.24, 2.45) is 0 Å². The van der Waals surface area contributed by atoms with E-state index in [4.69, 9.17) is 5.11 Å². The highest BCUT2D eigenvalue weighted by molar-refractivity contribution is 5.87. The van der Waals surface area contributed by atoms with Gasteiger partial charge >= 0.3 is 35.8 Å². The Morgan fingerprint density at radius 3 is 1.28 bits per heavy atom. The lowest BCUT2D eigenvalue weighted by atomic mass is 9.93. The third-order valence-electron chi connectivity index (χ3n) is 2.60. The molecule has 148 valence electrons. The minimum atomic E-state index is -8.05. The molecule has 15 heteroatoms. The number of rotatable bonds is 6. The third-order valence-corrected chi connectivity index (χ3v) is 2.60. The average molecular weight is 404 g/mol. The van der Waals surface area contributed by atoms with Crippen LogP contribution in [0.15, 0.2) is 11.8 Å². The zero-order valence-electron chi connectivity index (χ0n) is 11.3. The fourth-order valence-corrected chi connectivity index (χ4v) is 1.21. The number of carbonyl (C=O) groups is 1. The standard InChI is InChI=1S/C10H5F13O2/c1-3(24)2-4(25)5(11,12)6(13,14)7(15,16)8(17,18)9(19,20)10(21,22)23/h2,25H,1H3. The molecule has 0 aromatic rings. The molecule has 0 heterocycles. The number of aliphatic hydroxyl groups excluding tert-OH is 1. The third kappa shape index (κ3) is 3.23. The Labute approximate surface area is 128 Å². The number of hydrogen-bond donors (Lipinski definition) is 1. The Hall–Kier alpha value is -1.70. The zero-order chi connectivity index (χ0) is 20.9. The summed E-state index contributed by atoms with van der Waals surface area (Å²) in [6, 6.07) is 0. The van der Waals surface area contributed by atoms with Gasteiger partial charge in [0, 0.05) is 6.08 Å². The molecule has 0 rings (SSSR count). The average Bonchev–Trinajstić information content (AvgIpc) is 2.35. The van der Waals surface area contributed by atoms with E-state index in [1.165, 1.54) is 0 Å². The van der Waals surface area contributed by atoms with Crippen molar-refractivity contribution in [2.45, 2.75) is 42.7 Å². The number of halogens is 13. The van der Waals surface area contributed by atoms with Gasteiger partial charge in [0.05, 0.1) is 0 Å². The molecule has 0 aromatic heterocycles. The molecular weight excluding hydrogens is 399 g/mol. The van der Waals surface area contributed by atoms with Gasteiger partial charge in [0.15, 0.2) is 11.5 Å². The number of aliphatic hydroxyl groups is 1. The second-order valence-electron chi connectivity index (χ2n) is 4.51. The summed E-state index contributed by atoms with van der Waals surface area (Å²) < 4.78 is 164. The number of allylic oxidation sites excluding steroid dienone is 2. The van der Waals surface area contributed by atoms with E-state index in [9.17, 15) is 61.9 Å². The van der Waals surface area contributed by atoms with E-state index in [0.717, 1.165) is 0 Å². The molecule has 0 fully saturated rings. The Kier molecular flexibility index (Phi) is 5.53. The second-order valence-corrected chi connectivity index (χ2v) is 4.51. The molecule has 1 N–H and O–H groups in total. The molecule has 0 saturated carbocycles. The maximum atomic E-state index is 13.1. The molecule has 0 unspecified atom stereocenters. The second kappa shape index (κ2) is 5.93. The zero-order valence-corrected chi connectivity index (χ0v) is 11.3. The summed E-state index contributed by atoms with van der Waals surface area (Å²) in [5, 5.41) is 8.50. The molecule has 0 radical (unpaired) electrons. The fraction of sp³-hybridized carbons (Fsp3) is 0.700. The largest absolute Gasteiger partial charge is 0.506 e. The van der Waals surface area contributed by atoms with Crippen molar-refractivity contribution in [3.05, 3.63) is 11.8 Å². The van der Waals surface area contributed by atoms with Gasteiger partial charge in [-0.3, -0.25) is 4.79 Å². The molecule has 0 amide bonds. The lowest BCUT2D eigenvalue weighted by Crippen LogP contribution is -2.70.